The Bertz CT molecular complexity index is 830. The van der Waals surface area contributed by atoms with E-state index in [4.69, 9.17) is 10.5 Å². The van der Waals surface area contributed by atoms with Crippen LogP contribution in [0.4, 0.5) is 0 Å². The SMILES string of the molecule is COCc1cc(C(N)C(=O)NC2C(=O)N3C2SC(C)(C)C3C(=O)O)ccc1O. The van der Waals surface area contributed by atoms with Crippen LogP contribution in [-0.2, 0) is 25.7 Å². The number of benzene rings is 1. The second-order valence-corrected chi connectivity index (χ2v) is 9.15. The Morgan fingerprint density at radius 1 is 1.43 bits per heavy atom. The molecule has 5 N–H and O–H groups in total. The first-order valence-corrected chi connectivity index (χ1v) is 9.56. The van der Waals surface area contributed by atoms with E-state index in [1.165, 1.54) is 35.9 Å². The van der Waals surface area contributed by atoms with Crippen molar-refractivity contribution in [3.8, 4) is 5.75 Å². The van der Waals surface area contributed by atoms with Crippen molar-refractivity contribution >= 4 is 29.5 Å². The molecule has 152 valence electrons. The van der Waals surface area contributed by atoms with Crippen LogP contribution < -0.4 is 11.1 Å². The van der Waals surface area contributed by atoms with E-state index in [2.05, 4.69) is 5.32 Å². The number of nitrogens with zero attached hydrogens (tertiary/aromatic N) is 1. The number of thioether (sulfide) groups is 1. The van der Waals surface area contributed by atoms with Crippen LogP contribution in [0.1, 0.15) is 31.0 Å². The van der Waals surface area contributed by atoms with Crippen LogP contribution in [0.15, 0.2) is 18.2 Å². The van der Waals surface area contributed by atoms with Gasteiger partial charge in [-0.05, 0) is 31.5 Å². The van der Waals surface area contributed by atoms with E-state index in [0.29, 0.717) is 11.1 Å². The number of methoxy groups -OCH3 is 1. The molecule has 2 fully saturated rings. The first-order chi connectivity index (χ1) is 13.1. The molecule has 1 aromatic carbocycles. The molecule has 3 rings (SSSR count). The summed E-state index contributed by atoms with van der Waals surface area (Å²) in [5.41, 5.74) is 6.99. The molecule has 2 amide bonds. The average molecular weight is 409 g/mol. The number of hydrogen-bond acceptors (Lipinski definition) is 7. The normalized spacial score (nSPS) is 26.4. The second-order valence-electron chi connectivity index (χ2n) is 7.38. The molecule has 0 aliphatic carbocycles. The third-order valence-electron chi connectivity index (χ3n) is 5.02. The summed E-state index contributed by atoms with van der Waals surface area (Å²) >= 11 is 1.35. The number of aliphatic carboxylic acids is 1. The summed E-state index contributed by atoms with van der Waals surface area (Å²) in [7, 11) is 1.48. The van der Waals surface area contributed by atoms with Crippen molar-refractivity contribution in [1.82, 2.24) is 10.2 Å². The number of β-lactam (4-membered cyclic amide) rings is 1. The molecule has 4 atom stereocenters. The molecule has 4 unspecified atom stereocenters. The number of amides is 2. The number of ether oxygens (including phenoxy) is 1. The predicted octanol–water partition coefficient (Wildman–Crippen LogP) is 0.170. The van der Waals surface area contributed by atoms with Gasteiger partial charge in [-0.1, -0.05) is 6.07 Å². The molecule has 28 heavy (non-hydrogen) atoms. The summed E-state index contributed by atoms with van der Waals surface area (Å²) in [6.45, 7) is 3.69. The molecule has 0 bridgehead atoms. The fourth-order valence-electron chi connectivity index (χ4n) is 3.61. The quantitative estimate of drug-likeness (QED) is 0.487. The maximum absolute atomic E-state index is 12.6. The molecule has 0 saturated carbocycles. The summed E-state index contributed by atoms with van der Waals surface area (Å²) in [6, 6.07) is 1.73. The maximum atomic E-state index is 12.6. The van der Waals surface area contributed by atoms with Gasteiger partial charge in [0.2, 0.25) is 11.8 Å². The van der Waals surface area contributed by atoms with Gasteiger partial charge in [0.15, 0.2) is 0 Å². The minimum absolute atomic E-state index is 0.0346. The number of phenols is 1. The first kappa shape index (κ1) is 20.4. The molecule has 0 spiro atoms. The van der Waals surface area contributed by atoms with Crippen LogP contribution in [0.25, 0.3) is 0 Å². The highest BCUT2D eigenvalue weighted by Crippen LogP contribution is 2.50. The number of rotatable bonds is 6. The number of carboxylic acid groups (broad SMARTS) is 1. The van der Waals surface area contributed by atoms with Crippen LogP contribution in [-0.4, -0.2) is 62.2 Å². The lowest BCUT2D eigenvalue weighted by Crippen LogP contribution is -2.71. The number of hydrogen-bond donors (Lipinski definition) is 4. The van der Waals surface area contributed by atoms with Gasteiger partial charge in [-0.3, -0.25) is 9.59 Å². The van der Waals surface area contributed by atoms with Gasteiger partial charge < -0.3 is 30.9 Å². The molecule has 9 nitrogen and oxygen atoms in total. The number of carboxylic acids is 1. The van der Waals surface area contributed by atoms with Gasteiger partial charge >= 0.3 is 5.97 Å². The molecule has 2 heterocycles. The fraction of sp³-hybridized carbons (Fsp3) is 0.500. The monoisotopic (exact) mass is 409 g/mol. The highest BCUT2D eigenvalue weighted by Gasteiger charge is 2.64. The number of nitrogens with two attached hydrogens (primary N) is 1. The Balaban J connectivity index is 1.72. The van der Waals surface area contributed by atoms with Gasteiger partial charge in [0, 0.05) is 17.4 Å². The molecule has 1 aromatic rings. The molecule has 2 saturated heterocycles. The van der Waals surface area contributed by atoms with Crippen molar-refractivity contribution in [3.63, 3.8) is 0 Å². The number of phenolic OH excluding ortho intramolecular Hbond substituents is 1. The van der Waals surface area contributed by atoms with Crippen LogP contribution in [0, 0.1) is 0 Å². The standard InChI is InChI=1S/C18H23N3O6S/c1-18(2)13(17(25)26)21-15(24)12(16(21)28-18)20-14(23)11(19)8-4-5-10(22)9(6-8)7-27-3/h4-6,11-13,16,22H,7,19H2,1-3H3,(H,20,23)(H,25,26). The highest BCUT2D eigenvalue weighted by atomic mass is 32.2. The van der Waals surface area contributed by atoms with Crippen molar-refractivity contribution in [1.29, 1.82) is 0 Å². The fourth-order valence-corrected chi connectivity index (χ4v) is 5.24. The van der Waals surface area contributed by atoms with Gasteiger partial charge in [-0.2, -0.15) is 0 Å². The predicted molar refractivity (Wildman–Crippen MR) is 101 cm³/mol. The molecule has 10 heteroatoms. The van der Waals surface area contributed by atoms with Gasteiger partial charge in [0.1, 0.15) is 29.2 Å². The summed E-state index contributed by atoms with van der Waals surface area (Å²) in [6.07, 6.45) is 0. The largest absolute Gasteiger partial charge is 0.508 e. The van der Waals surface area contributed by atoms with Crippen LogP contribution >= 0.6 is 11.8 Å². The van der Waals surface area contributed by atoms with E-state index in [1.807, 2.05) is 0 Å². The Morgan fingerprint density at radius 2 is 2.11 bits per heavy atom. The Hall–Kier alpha value is -2.30. The van der Waals surface area contributed by atoms with Crippen LogP contribution in [0.5, 0.6) is 5.75 Å². The van der Waals surface area contributed by atoms with E-state index in [9.17, 15) is 24.6 Å². The number of aromatic hydroxyl groups is 1. The van der Waals surface area contributed by atoms with Crippen LogP contribution in [0.2, 0.25) is 0 Å². The van der Waals surface area contributed by atoms with Gasteiger partial charge in [-0.25, -0.2) is 4.79 Å². The van der Waals surface area contributed by atoms with E-state index < -0.39 is 46.0 Å². The third-order valence-corrected chi connectivity index (χ3v) is 6.59. The number of nitrogens with one attached hydrogen (secondary N) is 1. The van der Waals surface area contributed by atoms with Crippen molar-refractivity contribution in [2.24, 2.45) is 5.73 Å². The van der Waals surface area contributed by atoms with E-state index in [0.717, 1.165) is 0 Å². The van der Waals surface area contributed by atoms with Crippen LogP contribution in [0.3, 0.4) is 0 Å². The van der Waals surface area contributed by atoms with Gasteiger partial charge in [0.05, 0.1) is 6.61 Å². The molecule has 2 aliphatic heterocycles. The lowest BCUT2D eigenvalue weighted by Gasteiger charge is -2.43. The maximum Gasteiger partial charge on any atom is 0.327 e. The molecule has 0 aromatic heterocycles. The Morgan fingerprint density at radius 3 is 2.71 bits per heavy atom. The van der Waals surface area contributed by atoms with Gasteiger partial charge in [0.25, 0.3) is 0 Å². The van der Waals surface area contributed by atoms with E-state index in [1.54, 1.807) is 19.9 Å². The van der Waals surface area contributed by atoms with E-state index >= 15 is 0 Å². The van der Waals surface area contributed by atoms with Crippen molar-refractivity contribution < 1.29 is 29.3 Å². The zero-order chi connectivity index (χ0) is 20.8. The summed E-state index contributed by atoms with van der Waals surface area (Å²) in [4.78, 5) is 37.9. The summed E-state index contributed by atoms with van der Waals surface area (Å²) in [5, 5.41) is 21.4. The second kappa shape index (κ2) is 7.26. The average Bonchev–Trinajstić information content (AvgIpc) is 2.89. The molecular weight excluding hydrogens is 386 g/mol. The highest BCUT2D eigenvalue weighted by molar-refractivity contribution is 8.01. The molecule has 0 radical (unpaired) electrons. The van der Waals surface area contributed by atoms with Crippen molar-refractivity contribution in [2.75, 3.05) is 7.11 Å². The Kier molecular flexibility index (Phi) is 5.30. The lowest BCUT2D eigenvalue weighted by atomic mass is 9.95. The topological polar surface area (TPSA) is 142 Å². The number of carbonyl (C=O) groups is 3. The number of carbonyl (C=O) groups excluding carboxylic acids is 2. The number of fused-ring (bicyclic) bond motifs is 1. The van der Waals surface area contributed by atoms with E-state index in [-0.39, 0.29) is 12.4 Å². The molecule has 2 aliphatic rings. The smallest absolute Gasteiger partial charge is 0.327 e. The zero-order valence-corrected chi connectivity index (χ0v) is 16.5. The van der Waals surface area contributed by atoms with Crippen molar-refractivity contribution in [3.05, 3.63) is 29.3 Å². The van der Waals surface area contributed by atoms with Crippen molar-refractivity contribution in [2.45, 2.75) is 48.7 Å². The summed E-state index contributed by atoms with van der Waals surface area (Å²) in [5.74, 6) is -2.01. The minimum atomic E-state index is -1.07. The Labute approximate surface area is 166 Å². The third kappa shape index (κ3) is 3.31. The summed E-state index contributed by atoms with van der Waals surface area (Å²) < 4.78 is 4.34. The minimum Gasteiger partial charge on any atom is -0.508 e. The van der Waals surface area contributed by atoms with Gasteiger partial charge in [-0.15, -0.1) is 11.8 Å². The zero-order valence-electron chi connectivity index (χ0n) is 15.7. The lowest BCUT2D eigenvalue weighted by molar-refractivity contribution is -0.161. The first-order valence-electron chi connectivity index (χ1n) is 8.68. The molecular formula is C18H23N3O6S.